The standard InChI is InChI=1S/C24H24N4O3/c1-17(21-10-11-31-26-21)27(2)14-20-15-28(13-18-6-4-3-5-7-18)25-24(20)19-8-9-22-23(12-19)30-16-29-22/h3-12,15,17H,13-14,16H2,1-2H3/t17-/m1/s1. The number of hydrogen-bond acceptors (Lipinski definition) is 6. The highest BCUT2D eigenvalue weighted by Gasteiger charge is 2.21. The van der Waals surface area contributed by atoms with E-state index in [2.05, 4.69) is 42.4 Å². The lowest BCUT2D eigenvalue weighted by Gasteiger charge is -2.22. The molecular formula is C24H24N4O3. The van der Waals surface area contributed by atoms with Gasteiger partial charge in [-0.05, 0) is 37.7 Å². The minimum absolute atomic E-state index is 0.112. The van der Waals surface area contributed by atoms with Gasteiger partial charge >= 0.3 is 0 Å². The molecule has 7 nitrogen and oxygen atoms in total. The van der Waals surface area contributed by atoms with Crippen LogP contribution >= 0.6 is 0 Å². The Morgan fingerprint density at radius 3 is 2.71 bits per heavy atom. The maximum absolute atomic E-state index is 5.59. The SMILES string of the molecule is C[C@H](c1ccon1)N(C)Cc1cn(Cc2ccccc2)nc1-c1ccc2c(c1)OCO2. The van der Waals surface area contributed by atoms with E-state index in [0.717, 1.165) is 34.0 Å². The second-order valence-electron chi connectivity index (χ2n) is 7.77. The van der Waals surface area contributed by atoms with Gasteiger partial charge in [-0.15, -0.1) is 0 Å². The zero-order valence-electron chi connectivity index (χ0n) is 17.6. The molecule has 0 bridgehead atoms. The second-order valence-corrected chi connectivity index (χ2v) is 7.77. The third kappa shape index (κ3) is 4.04. The van der Waals surface area contributed by atoms with Crippen LogP contribution in [0.25, 0.3) is 11.3 Å². The fourth-order valence-corrected chi connectivity index (χ4v) is 3.79. The van der Waals surface area contributed by atoms with Crippen LogP contribution in [-0.4, -0.2) is 33.7 Å². The summed E-state index contributed by atoms with van der Waals surface area (Å²) >= 11 is 0. The van der Waals surface area contributed by atoms with Gasteiger partial charge in [-0.2, -0.15) is 5.10 Å². The molecule has 3 heterocycles. The van der Waals surface area contributed by atoms with Crippen molar-refractivity contribution in [3.63, 3.8) is 0 Å². The van der Waals surface area contributed by atoms with Crippen LogP contribution < -0.4 is 9.47 Å². The van der Waals surface area contributed by atoms with Crippen molar-refractivity contribution < 1.29 is 14.0 Å². The summed E-state index contributed by atoms with van der Waals surface area (Å²) in [7, 11) is 2.08. The first-order valence-electron chi connectivity index (χ1n) is 10.3. The Labute approximate surface area is 180 Å². The molecule has 5 rings (SSSR count). The third-order valence-electron chi connectivity index (χ3n) is 5.64. The summed E-state index contributed by atoms with van der Waals surface area (Å²) in [6, 6.07) is 18.3. The Morgan fingerprint density at radius 2 is 1.90 bits per heavy atom. The molecule has 0 spiro atoms. The Bertz CT molecular complexity index is 1160. The van der Waals surface area contributed by atoms with Crippen molar-refractivity contribution in [1.82, 2.24) is 19.8 Å². The number of rotatable bonds is 7. The lowest BCUT2D eigenvalue weighted by atomic mass is 10.1. The van der Waals surface area contributed by atoms with Crippen molar-refractivity contribution in [3.05, 3.63) is 83.9 Å². The maximum atomic E-state index is 5.59. The maximum Gasteiger partial charge on any atom is 0.231 e. The molecule has 158 valence electrons. The van der Waals surface area contributed by atoms with Crippen LogP contribution in [-0.2, 0) is 13.1 Å². The number of aromatic nitrogens is 3. The molecule has 7 heteroatoms. The van der Waals surface area contributed by atoms with Gasteiger partial charge in [0.15, 0.2) is 11.5 Å². The van der Waals surface area contributed by atoms with Crippen LogP contribution in [0.4, 0.5) is 0 Å². The normalized spacial score (nSPS) is 13.6. The highest BCUT2D eigenvalue weighted by molar-refractivity contribution is 5.67. The van der Waals surface area contributed by atoms with Gasteiger partial charge < -0.3 is 14.0 Å². The van der Waals surface area contributed by atoms with Gasteiger partial charge in [-0.3, -0.25) is 9.58 Å². The van der Waals surface area contributed by atoms with Crippen LogP contribution in [0.15, 0.2) is 71.6 Å². The summed E-state index contributed by atoms with van der Waals surface area (Å²) in [6.45, 7) is 3.80. The van der Waals surface area contributed by atoms with E-state index in [4.69, 9.17) is 19.1 Å². The van der Waals surface area contributed by atoms with Crippen LogP contribution in [0.2, 0.25) is 0 Å². The molecule has 1 aliphatic rings. The highest BCUT2D eigenvalue weighted by atomic mass is 16.7. The van der Waals surface area contributed by atoms with Crippen molar-refractivity contribution in [3.8, 4) is 22.8 Å². The van der Waals surface area contributed by atoms with E-state index in [1.54, 1.807) is 6.26 Å². The minimum Gasteiger partial charge on any atom is -0.454 e. The van der Waals surface area contributed by atoms with Gasteiger partial charge in [-0.1, -0.05) is 35.5 Å². The smallest absolute Gasteiger partial charge is 0.231 e. The molecule has 0 amide bonds. The number of ether oxygens (including phenoxy) is 2. The fraction of sp³-hybridized carbons (Fsp3) is 0.250. The minimum atomic E-state index is 0.112. The van der Waals surface area contributed by atoms with Gasteiger partial charge in [0.1, 0.15) is 12.0 Å². The lowest BCUT2D eigenvalue weighted by molar-refractivity contribution is 0.174. The lowest BCUT2D eigenvalue weighted by Crippen LogP contribution is -2.22. The highest BCUT2D eigenvalue weighted by Crippen LogP contribution is 2.37. The Balaban J connectivity index is 1.47. The summed E-state index contributed by atoms with van der Waals surface area (Å²) in [5, 5.41) is 9.03. The van der Waals surface area contributed by atoms with Crippen molar-refractivity contribution in [2.45, 2.75) is 26.1 Å². The summed E-state index contributed by atoms with van der Waals surface area (Å²) in [4.78, 5) is 2.23. The van der Waals surface area contributed by atoms with Crippen LogP contribution in [0, 0.1) is 0 Å². The molecule has 0 aliphatic carbocycles. The van der Waals surface area contributed by atoms with Crippen molar-refractivity contribution in [2.75, 3.05) is 13.8 Å². The number of nitrogens with zero attached hydrogens (tertiary/aromatic N) is 4. The monoisotopic (exact) mass is 416 g/mol. The number of benzene rings is 2. The molecule has 2 aromatic heterocycles. The first kappa shape index (κ1) is 19.4. The molecule has 0 saturated carbocycles. The van der Waals surface area contributed by atoms with Gasteiger partial charge in [-0.25, -0.2) is 0 Å². The van der Waals surface area contributed by atoms with Crippen molar-refractivity contribution in [1.29, 1.82) is 0 Å². The number of hydrogen-bond donors (Lipinski definition) is 0. The average Bonchev–Trinajstić information content (AvgIpc) is 3.54. The summed E-state index contributed by atoms with van der Waals surface area (Å²) in [5.41, 5.74) is 5.19. The molecular weight excluding hydrogens is 392 g/mol. The Hall–Kier alpha value is -3.58. The molecule has 0 unspecified atom stereocenters. The van der Waals surface area contributed by atoms with Gasteiger partial charge in [0, 0.05) is 29.9 Å². The third-order valence-corrected chi connectivity index (χ3v) is 5.64. The van der Waals surface area contributed by atoms with Gasteiger partial charge in [0.25, 0.3) is 0 Å². The summed E-state index contributed by atoms with van der Waals surface area (Å²) in [5.74, 6) is 1.52. The Kier molecular flexibility index (Phi) is 5.18. The zero-order chi connectivity index (χ0) is 21.2. The molecule has 31 heavy (non-hydrogen) atoms. The molecule has 0 fully saturated rings. The fourth-order valence-electron chi connectivity index (χ4n) is 3.79. The van der Waals surface area contributed by atoms with E-state index in [9.17, 15) is 0 Å². The number of fused-ring (bicyclic) bond motifs is 1. The average molecular weight is 416 g/mol. The molecule has 0 radical (unpaired) electrons. The Morgan fingerprint density at radius 1 is 1.06 bits per heavy atom. The molecule has 1 atom stereocenters. The van der Waals surface area contributed by atoms with E-state index in [-0.39, 0.29) is 12.8 Å². The quantitative estimate of drug-likeness (QED) is 0.442. The predicted octanol–water partition coefficient (Wildman–Crippen LogP) is 4.51. The van der Waals surface area contributed by atoms with E-state index in [1.807, 2.05) is 47.1 Å². The van der Waals surface area contributed by atoms with Crippen molar-refractivity contribution >= 4 is 0 Å². The van der Waals surface area contributed by atoms with Crippen LogP contribution in [0.3, 0.4) is 0 Å². The second kappa shape index (κ2) is 8.28. The summed E-state index contributed by atoms with van der Waals surface area (Å²) < 4.78 is 18.1. The molecule has 4 aromatic rings. The molecule has 1 aliphatic heterocycles. The first-order valence-corrected chi connectivity index (χ1v) is 10.3. The zero-order valence-corrected chi connectivity index (χ0v) is 17.6. The van der Waals surface area contributed by atoms with E-state index in [1.165, 1.54) is 5.56 Å². The largest absolute Gasteiger partial charge is 0.454 e. The van der Waals surface area contributed by atoms with E-state index in [0.29, 0.717) is 13.1 Å². The van der Waals surface area contributed by atoms with Crippen LogP contribution in [0.5, 0.6) is 11.5 Å². The van der Waals surface area contributed by atoms with E-state index < -0.39 is 0 Å². The van der Waals surface area contributed by atoms with Crippen molar-refractivity contribution in [2.24, 2.45) is 0 Å². The molecule has 2 aromatic carbocycles. The van der Waals surface area contributed by atoms with Crippen LogP contribution in [0.1, 0.15) is 29.8 Å². The summed E-state index contributed by atoms with van der Waals surface area (Å²) in [6.07, 6.45) is 3.73. The van der Waals surface area contributed by atoms with Gasteiger partial charge in [0.2, 0.25) is 6.79 Å². The van der Waals surface area contributed by atoms with Gasteiger partial charge in [0.05, 0.1) is 18.3 Å². The molecule has 0 saturated heterocycles. The topological polar surface area (TPSA) is 65.6 Å². The predicted molar refractivity (Wildman–Crippen MR) is 116 cm³/mol. The first-order chi connectivity index (χ1) is 15.2. The molecule has 0 N–H and O–H groups in total. The van der Waals surface area contributed by atoms with E-state index >= 15 is 0 Å².